The molecular weight excluding hydrogens is 276 g/mol. The van der Waals surface area contributed by atoms with Crippen LogP contribution >= 0.6 is 0 Å². The average Bonchev–Trinajstić information content (AvgIpc) is 2.73. The first-order valence-corrected chi connectivity index (χ1v) is 8.08. The minimum atomic E-state index is -0.141. The Bertz CT molecular complexity index is 473. The molecule has 1 heterocycles. The molecule has 22 heavy (non-hydrogen) atoms. The highest BCUT2D eigenvalue weighted by Gasteiger charge is 2.25. The third-order valence-corrected chi connectivity index (χ3v) is 4.44. The van der Waals surface area contributed by atoms with Crippen LogP contribution in [-0.4, -0.2) is 62.1 Å². The van der Waals surface area contributed by atoms with Crippen LogP contribution in [0.1, 0.15) is 25.8 Å². The van der Waals surface area contributed by atoms with E-state index < -0.39 is 0 Å². The van der Waals surface area contributed by atoms with E-state index >= 15 is 0 Å². The van der Waals surface area contributed by atoms with Gasteiger partial charge in [-0.1, -0.05) is 44.2 Å². The number of rotatable bonds is 5. The first-order chi connectivity index (χ1) is 10.5. The van der Waals surface area contributed by atoms with Gasteiger partial charge in [0.2, 0.25) is 0 Å². The van der Waals surface area contributed by atoms with E-state index in [2.05, 4.69) is 54.0 Å². The Hall–Kier alpha value is -1.39. The maximum atomic E-state index is 11.4. The molecule has 1 aliphatic rings. The zero-order valence-corrected chi connectivity index (χ0v) is 14.0. The second-order valence-electron chi connectivity index (χ2n) is 6.73. The minimum Gasteiger partial charge on any atom is -0.468 e. The van der Waals surface area contributed by atoms with Gasteiger partial charge in [-0.05, 0) is 18.5 Å². The largest absolute Gasteiger partial charge is 0.468 e. The maximum Gasteiger partial charge on any atom is 0.319 e. The summed E-state index contributed by atoms with van der Waals surface area (Å²) in [6.45, 7) is 10.1. The fourth-order valence-corrected chi connectivity index (χ4v) is 3.13. The highest BCUT2D eigenvalue weighted by Crippen LogP contribution is 2.24. The van der Waals surface area contributed by atoms with Crippen molar-refractivity contribution in [2.45, 2.75) is 25.7 Å². The molecule has 0 saturated carbocycles. The quantitative estimate of drug-likeness (QED) is 0.780. The molecule has 1 saturated heterocycles. The second kappa shape index (κ2) is 7.75. The standard InChI is InChI=1S/C18H28N2O2/c1-18(2,16-8-5-4-6-9-16)15-20-11-7-10-19(12-13-20)14-17(21)22-3/h4-6,8-9H,7,10-15H2,1-3H3. The van der Waals surface area contributed by atoms with Gasteiger partial charge in [0, 0.05) is 31.6 Å². The molecule has 1 aromatic carbocycles. The molecule has 0 amide bonds. The van der Waals surface area contributed by atoms with E-state index in [0.29, 0.717) is 6.54 Å². The van der Waals surface area contributed by atoms with Crippen LogP contribution in [0, 0.1) is 0 Å². The first-order valence-electron chi connectivity index (χ1n) is 8.08. The van der Waals surface area contributed by atoms with Crippen LogP contribution in [0.25, 0.3) is 0 Å². The highest BCUT2D eigenvalue weighted by atomic mass is 16.5. The SMILES string of the molecule is COC(=O)CN1CCCN(CC(C)(C)c2ccccc2)CC1. The summed E-state index contributed by atoms with van der Waals surface area (Å²) in [5.41, 5.74) is 1.52. The third-order valence-electron chi connectivity index (χ3n) is 4.44. The Morgan fingerprint density at radius 2 is 1.73 bits per heavy atom. The normalized spacial score (nSPS) is 18.0. The van der Waals surface area contributed by atoms with E-state index in [1.165, 1.54) is 12.7 Å². The predicted octanol–water partition coefficient (Wildman–Crippen LogP) is 2.14. The Labute approximate surface area is 134 Å². The summed E-state index contributed by atoms with van der Waals surface area (Å²) in [5.74, 6) is -0.141. The fraction of sp³-hybridized carbons (Fsp3) is 0.611. The molecule has 4 heteroatoms. The Kier molecular flexibility index (Phi) is 5.98. The number of benzene rings is 1. The lowest BCUT2D eigenvalue weighted by molar-refractivity contribution is -0.141. The van der Waals surface area contributed by atoms with Crippen molar-refractivity contribution in [2.24, 2.45) is 0 Å². The first kappa shape index (κ1) is 17.0. The zero-order valence-electron chi connectivity index (χ0n) is 14.0. The van der Waals surface area contributed by atoms with Crippen molar-refractivity contribution >= 4 is 5.97 Å². The van der Waals surface area contributed by atoms with E-state index in [1.807, 2.05) is 0 Å². The predicted molar refractivity (Wildman–Crippen MR) is 89.0 cm³/mol. The summed E-state index contributed by atoms with van der Waals surface area (Å²) in [6.07, 6.45) is 1.10. The Morgan fingerprint density at radius 3 is 2.41 bits per heavy atom. The minimum absolute atomic E-state index is 0.138. The van der Waals surface area contributed by atoms with Crippen molar-refractivity contribution in [1.82, 2.24) is 9.80 Å². The summed E-state index contributed by atoms with van der Waals surface area (Å²) in [5, 5.41) is 0. The molecule has 2 rings (SSSR count). The lowest BCUT2D eigenvalue weighted by Crippen LogP contribution is -2.40. The van der Waals surface area contributed by atoms with Gasteiger partial charge in [0.05, 0.1) is 13.7 Å². The molecule has 0 bridgehead atoms. The van der Waals surface area contributed by atoms with E-state index in [-0.39, 0.29) is 11.4 Å². The van der Waals surface area contributed by atoms with Crippen molar-refractivity contribution in [3.8, 4) is 0 Å². The van der Waals surface area contributed by atoms with Gasteiger partial charge in [0.15, 0.2) is 0 Å². The van der Waals surface area contributed by atoms with Crippen LogP contribution in [0.4, 0.5) is 0 Å². The van der Waals surface area contributed by atoms with E-state index in [0.717, 1.165) is 39.1 Å². The molecule has 0 atom stereocenters. The summed E-state index contributed by atoms with van der Waals surface area (Å²) in [7, 11) is 1.45. The van der Waals surface area contributed by atoms with Crippen LogP contribution in [0.5, 0.6) is 0 Å². The van der Waals surface area contributed by atoms with E-state index in [1.54, 1.807) is 0 Å². The number of hydrogen-bond acceptors (Lipinski definition) is 4. The maximum absolute atomic E-state index is 11.4. The van der Waals surface area contributed by atoms with Gasteiger partial charge >= 0.3 is 5.97 Å². The Balaban J connectivity index is 1.90. The van der Waals surface area contributed by atoms with Crippen molar-refractivity contribution in [3.63, 3.8) is 0 Å². The average molecular weight is 304 g/mol. The smallest absolute Gasteiger partial charge is 0.319 e. The molecule has 4 nitrogen and oxygen atoms in total. The van der Waals surface area contributed by atoms with Gasteiger partial charge in [-0.15, -0.1) is 0 Å². The summed E-state index contributed by atoms with van der Waals surface area (Å²) in [4.78, 5) is 16.1. The van der Waals surface area contributed by atoms with Crippen molar-refractivity contribution in [3.05, 3.63) is 35.9 Å². The topological polar surface area (TPSA) is 32.8 Å². The molecule has 0 N–H and O–H groups in total. The van der Waals surface area contributed by atoms with Crippen LogP contribution < -0.4 is 0 Å². The second-order valence-corrected chi connectivity index (χ2v) is 6.73. The third kappa shape index (κ3) is 4.82. The van der Waals surface area contributed by atoms with Gasteiger partial charge in [-0.2, -0.15) is 0 Å². The highest BCUT2D eigenvalue weighted by molar-refractivity contribution is 5.71. The molecule has 122 valence electrons. The monoisotopic (exact) mass is 304 g/mol. The fourth-order valence-electron chi connectivity index (χ4n) is 3.13. The number of carbonyl (C=O) groups is 1. The number of ether oxygens (including phenoxy) is 1. The molecule has 0 spiro atoms. The lowest BCUT2D eigenvalue weighted by atomic mass is 9.84. The number of nitrogens with zero attached hydrogens (tertiary/aromatic N) is 2. The summed E-state index contributed by atoms with van der Waals surface area (Å²) >= 11 is 0. The zero-order chi connectivity index (χ0) is 16.0. The molecular formula is C18H28N2O2. The van der Waals surface area contributed by atoms with E-state index in [4.69, 9.17) is 4.74 Å². The van der Waals surface area contributed by atoms with Crippen molar-refractivity contribution in [1.29, 1.82) is 0 Å². The summed E-state index contributed by atoms with van der Waals surface area (Å²) in [6, 6.07) is 10.7. The molecule has 0 aliphatic carbocycles. The van der Waals surface area contributed by atoms with Gasteiger partial charge < -0.3 is 9.64 Å². The van der Waals surface area contributed by atoms with Crippen molar-refractivity contribution < 1.29 is 9.53 Å². The molecule has 1 aliphatic heterocycles. The Morgan fingerprint density at radius 1 is 1.09 bits per heavy atom. The lowest BCUT2D eigenvalue weighted by Gasteiger charge is -2.32. The molecule has 0 unspecified atom stereocenters. The molecule has 1 fully saturated rings. The van der Waals surface area contributed by atoms with Crippen LogP contribution in [-0.2, 0) is 14.9 Å². The molecule has 0 aromatic heterocycles. The number of methoxy groups -OCH3 is 1. The van der Waals surface area contributed by atoms with Crippen LogP contribution in [0.2, 0.25) is 0 Å². The van der Waals surface area contributed by atoms with Crippen molar-refractivity contribution in [2.75, 3.05) is 46.4 Å². The van der Waals surface area contributed by atoms with E-state index in [9.17, 15) is 4.79 Å². The van der Waals surface area contributed by atoms with Gasteiger partial charge in [0.25, 0.3) is 0 Å². The number of hydrogen-bond donors (Lipinski definition) is 0. The van der Waals surface area contributed by atoms with Crippen LogP contribution in [0.15, 0.2) is 30.3 Å². The molecule has 1 aromatic rings. The van der Waals surface area contributed by atoms with Gasteiger partial charge in [-0.25, -0.2) is 0 Å². The van der Waals surface area contributed by atoms with Crippen LogP contribution in [0.3, 0.4) is 0 Å². The van der Waals surface area contributed by atoms with Gasteiger partial charge in [-0.3, -0.25) is 9.69 Å². The number of esters is 1. The van der Waals surface area contributed by atoms with Gasteiger partial charge in [0.1, 0.15) is 0 Å². The molecule has 0 radical (unpaired) electrons. The summed E-state index contributed by atoms with van der Waals surface area (Å²) < 4.78 is 4.76. The number of carbonyl (C=O) groups excluding carboxylic acids is 1.